The number of hydrogen-bond donors (Lipinski definition) is 0. The second-order valence-electron chi connectivity index (χ2n) is 3.48. The molecule has 0 aromatic carbocycles. The summed E-state index contributed by atoms with van der Waals surface area (Å²) in [4.78, 5) is 19.1. The van der Waals surface area contributed by atoms with E-state index in [4.69, 9.17) is 0 Å². The molecule has 1 aromatic rings. The third-order valence-electron chi connectivity index (χ3n) is 1.83. The maximum absolute atomic E-state index is 11.5. The molecule has 0 saturated carbocycles. The van der Waals surface area contributed by atoms with Crippen LogP contribution in [0.5, 0.6) is 0 Å². The van der Waals surface area contributed by atoms with Crippen molar-refractivity contribution in [2.24, 2.45) is 5.92 Å². The lowest BCUT2D eigenvalue weighted by Gasteiger charge is -2.02. The Morgan fingerprint density at radius 2 is 2.00 bits per heavy atom. The molecule has 13 heavy (non-hydrogen) atoms. The van der Waals surface area contributed by atoms with Gasteiger partial charge in [0.15, 0.2) is 5.78 Å². The zero-order valence-electron chi connectivity index (χ0n) is 8.03. The van der Waals surface area contributed by atoms with Gasteiger partial charge in [-0.25, -0.2) is 9.97 Å². The maximum Gasteiger partial charge on any atom is 0.165 e. The van der Waals surface area contributed by atoms with Gasteiger partial charge in [-0.2, -0.15) is 0 Å². The van der Waals surface area contributed by atoms with Gasteiger partial charge in [0.2, 0.25) is 0 Å². The van der Waals surface area contributed by atoms with Crippen molar-refractivity contribution < 1.29 is 4.79 Å². The van der Waals surface area contributed by atoms with Crippen molar-refractivity contribution in [3.8, 4) is 0 Å². The van der Waals surface area contributed by atoms with Crippen molar-refractivity contribution in [2.75, 3.05) is 0 Å². The maximum atomic E-state index is 11.5. The summed E-state index contributed by atoms with van der Waals surface area (Å²) in [6.45, 7) is 4.21. The lowest BCUT2D eigenvalue weighted by molar-refractivity contribution is 0.0974. The van der Waals surface area contributed by atoms with E-state index in [0.717, 1.165) is 6.42 Å². The van der Waals surface area contributed by atoms with Crippen LogP contribution in [0.1, 0.15) is 37.0 Å². The molecule has 0 aliphatic heterocycles. The number of ketones is 1. The van der Waals surface area contributed by atoms with E-state index in [9.17, 15) is 4.79 Å². The van der Waals surface area contributed by atoms with Crippen LogP contribution < -0.4 is 0 Å². The summed E-state index contributed by atoms with van der Waals surface area (Å²) in [6, 6.07) is 0. The van der Waals surface area contributed by atoms with Crippen molar-refractivity contribution in [1.29, 1.82) is 0 Å². The lowest BCUT2D eigenvalue weighted by Crippen LogP contribution is -2.02. The quantitative estimate of drug-likeness (QED) is 0.663. The Balaban J connectivity index is 2.50. The minimum atomic E-state index is 0.134. The Bertz CT molecular complexity index is 270. The number of aromatic nitrogens is 2. The molecule has 0 spiro atoms. The van der Waals surface area contributed by atoms with Gasteiger partial charge >= 0.3 is 0 Å². The smallest absolute Gasteiger partial charge is 0.165 e. The van der Waals surface area contributed by atoms with Crippen molar-refractivity contribution in [1.82, 2.24) is 9.97 Å². The summed E-state index contributed by atoms with van der Waals surface area (Å²) in [6.07, 6.45) is 6.07. The number of carbonyl (C=O) groups excluding carboxylic acids is 1. The Labute approximate surface area is 78.2 Å². The number of nitrogens with zero attached hydrogens (tertiary/aromatic N) is 2. The van der Waals surface area contributed by atoms with E-state index < -0.39 is 0 Å². The normalized spacial score (nSPS) is 10.4. The van der Waals surface area contributed by atoms with Gasteiger partial charge in [-0.15, -0.1) is 0 Å². The molecule has 0 radical (unpaired) electrons. The van der Waals surface area contributed by atoms with Crippen molar-refractivity contribution in [3.05, 3.63) is 24.3 Å². The number of rotatable bonds is 4. The fourth-order valence-corrected chi connectivity index (χ4v) is 1.01. The summed E-state index contributed by atoms with van der Waals surface area (Å²) < 4.78 is 0. The van der Waals surface area contributed by atoms with Crippen molar-refractivity contribution in [2.45, 2.75) is 26.7 Å². The second kappa shape index (κ2) is 4.70. The molecule has 0 amide bonds. The molecule has 1 rings (SSSR count). The summed E-state index contributed by atoms with van der Waals surface area (Å²) in [5.41, 5.74) is 0.614. The van der Waals surface area contributed by atoms with E-state index in [0.29, 0.717) is 17.9 Å². The Kier molecular flexibility index (Phi) is 3.55. The largest absolute Gasteiger partial charge is 0.294 e. The average molecular weight is 178 g/mol. The van der Waals surface area contributed by atoms with Gasteiger partial charge in [0, 0.05) is 18.8 Å². The fraction of sp³-hybridized carbons (Fsp3) is 0.500. The monoisotopic (exact) mass is 178 g/mol. The summed E-state index contributed by atoms with van der Waals surface area (Å²) in [7, 11) is 0. The predicted octanol–water partition coefficient (Wildman–Crippen LogP) is 2.10. The third-order valence-corrected chi connectivity index (χ3v) is 1.83. The van der Waals surface area contributed by atoms with Gasteiger partial charge in [0.1, 0.15) is 6.33 Å². The van der Waals surface area contributed by atoms with Gasteiger partial charge < -0.3 is 0 Å². The lowest BCUT2D eigenvalue weighted by atomic mass is 10.0. The molecule has 1 heterocycles. The van der Waals surface area contributed by atoms with Crippen LogP contribution in [-0.2, 0) is 0 Å². The Morgan fingerprint density at radius 3 is 2.54 bits per heavy atom. The van der Waals surface area contributed by atoms with E-state index in [2.05, 4.69) is 23.8 Å². The summed E-state index contributed by atoms with van der Waals surface area (Å²) >= 11 is 0. The first-order valence-electron chi connectivity index (χ1n) is 4.48. The van der Waals surface area contributed by atoms with Gasteiger partial charge in [0.05, 0.1) is 5.56 Å². The third kappa shape index (κ3) is 3.32. The second-order valence-corrected chi connectivity index (χ2v) is 3.48. The topological polar surface area (TPSA) is 42.9 Å². The number of carbonyl (C=O) groups is 1. The standard InChI is InChI=1S/C10H14N2O/c1-8(2)3-4-10(13)9-5-11-7-12-6-9/h5-8H,3-4H2,1-2H3. The molecule has 70 valence electrons. The van der Waals surface area contributed by atoms with Crippen LogP contribution in [0, 0.1) is 5.92 Å². The molecule has 0 unspecified atom stereocenters. The summed E-state index contributed by atoms with van der Waals surface area (Å²) in [5, 5.41) is 0. The van der Waals surface area contributed by atoms with Gasteiger partial charge in [-0.1, -0.05) is 13.8 Å². The Morgan fingerprint density at radius 1 is 1.38 bits per heavy atom. The highest BCUT2D eigenvalue weighted by atomic mass is 16.1. The fourth-order valence-electron chi connectivity index (χ4n) is 1.01. The zero-order valence-corrected chi connectivity index (χ0v) is 8.03. The van der Waals surface area contributed by atoms with Crippen LogP contribution in [0.4, 0.5) is 0 Å². The number of hydrogen-bond acceptors (Lipinski definition) is 3. The molecule has 0 aliphatic carbocycles. The van der Waals surface area contributed by atoms with Crippen molar-refractivity contribution >= 4 is 5.78 Å². The average Bonchev–Trinajstić information content (AvgIpc) is 2.15. The highest BCUT2D eigenvalue weighted by Gasteiger charge is 2.06. The molecule has 1 aromatic heterocycles. The van der Waals surface area contributed by atoms with Crippen LogP contribution in [0.15, 0.2) is 18.7 Å². The molecular weight excluding hydrogens is 164 g/mol. The van der Waals surface area contributed by atoms with E-state index >= 15 is 0 Å². The predicted molar refractivity (Wildman–Crippen MR) is 50.4 cm³/mol. The van der Waals surface area contributed by atoms with E-state index in [1.54, 1.807) is 12.4 Å². The van der Waals surface area contributed by atoms with E-state index in [1.807, 2.05) is 0 Å². The molecule has 3 nitrogen and oxygen atoms in total. The van der Waals surface area contributed by atoms with Gasteiger partial charge in [-0.05, 0) is 12.3 Å². The first-order chi connectivity index (χ1) is 6.20. The molecule has 0 atom stereocenters. The van der Waals surface area contributed by atoms with Gasteiger partial charge in [-0.3, -0.25) is 4.79 Å². The first kappa shape index (κ1) is 9.84. The number of Topliss-reactive ketones (excluding diaryl/α,β-unsaturated/α-hetero) is 1. The zero-order chi connectivity index (χ0) is 9.68. The van der Waals surface area contributed by atoms with Crippen LogP contribution in [0.3, 0.4) is 0 Å². The molecular formula is C10H14N2O. The minimum Gasteiger partial charge on any atom is -0.294 e. The minimum absolute atomic E-state index is 0.134. The van der Waals surface area contributed by atoms with E-state index in [1.165, 1.54) is 6.33 Å². The first-order valence-corrected chi connectivity index (χ1v) is 4.48. The SMILES string of the molecule is CC(C)CCC(=O)c1cncnc1. The highest BCUT2D eigenvalue weighted by Crippen LogP contribution is 2.08. The molecule has 0 N–H and O–H groups in total. The van der Waals surface area contributed by atoms with Crippen molar-refractivity contribution in [3.63, 3.8) is 0 Å². The Hall–Kier alpha value is -1.25. The van der Waals surface area contributed by atoms with Crippen LogP contribution in [0.2, 0.25) is 0 Å². The van der Waals surface area contributed by atoms with Crippen LogP contribution in [-0.4, -0.2) is 15.8 Å². The molecule has 0 bridgehead atoms. The van der Waals surface area contributed by atoms with Gasteiger partial charge in [0.25, 0.3) is 0 Å². The van der Waals surface area contributed by atoms with Crippen LogP contribution >= 0.6 is 0 Å². The molecule has 3 heteroatoms. The molecule has 0 fully saturated rings. The van der Waals surface area contributed by atoms with E-state index in [-0.39, 0.29) is 5.78 Å². The van der Waals surface area contributed by atoms with Crippen LogP contribution in [0.25, 0.3) is 0 Å². The summed E-state index contributed by atoms with van der Waals surface area (Å²) in [5.74, 6) is 0.697. The highest BCUT2D eigenvalue weighted by molar-refractivity contribution is 5.95. The molecule has 0 aliphatic rings. The molecule has 0 saturated heterocycles.